The highest BCUT2D eigenvalue weighted by Gasteiger charge is 2.07. The van der Waals surface area contributed by atoms with Crippen LogP contribution in [0, 0.1) is 6.92 Å². The normalized spacial score (nSPS) is 10.7. The summed E-state index contributed by atoms with van der Waals surface area (Å²) in [5.41, 5.74) is 3.62. The lowest BCUT2D eigenvalue weighted by Gasteiger charge is -2.07. The zero-order valence-electron chi connectivity index (χ0n) is 15.7. The molecule has 1 amide bonds. The summed E-state index contributed by atoms with van der Waals surface area (Å²) in [6.45, 7) is 2.65. The fourth-order valence-corrected chi connectivity index (χ4v) is 3.09. The van der Waals surface area contributed by atoms with Gasteiger partial charge in [0, 0.05) is 29.4 Å². The van der Waals surface area contributed by atoms with E-state index in [1.165, 1.54) is 11.1 Å². The monoisotopic (exact) mass is 364 g/mol. The fourth-order valence-electron chi connectivity index (χ4n) is 3.09. The second kappa shape index (κ2) is 8.54. The lowest BCUT2D eigenvalue weighted by atomic mass is 10.1. The highest BCUT2D eigenvalue weighted by molar-refractivity contribution is 5.81. The van der Waals surface area contributed by atoms with E-state index in [2.05, 4.69) is 35.4 Å². The molecule has 0 fully saturated rings. The van der Waals surface area contributed by atoms with Gasteiger partial charge < -0.3 is 15.0 Å². The smallest absolute Gasteiger partial charge is 0.251 e. The SMILES string of the molecule is COc1ccc2[nH]c(=O)c(CCC(=O)NCCc3cccc(C)c3)cc2c1. The Hall–Kier alpha value is -3.08. The predicted octanol–water partition coefficient (Wildman–Crippen LogP) is 3.14. The average molecular weight is 364 g/mol. The molecule has 5 heteroatoms. The second-order valence-corrected chi connectivity index (χ2v) is 6.67. The molecular weight excluding hydrogens is 340 g/mol. The number of aryl methyl sites for hydroxylation is 2. The van der Waals surface area contributed by atoms with E-state index in [1.54, 1.807) is 13.2 Å². The number of amides is 1. The Labute approximate surface area is 158 Å². The van der Waals surface area contributed by atoms with Crippen molar-refractivity contribution < 1.29 is 9.53 Å². The largest absolute Gasteiger partial charge is 0.497 e. The summed E-state index contributed by atoms with van der Waals surface area (Å²) >= 11 is 0. The number of rotatable bonds is 7. The van der Waals surface area contributed by atoms with Crippen molar-refractivity contribution in [3.63, 3.8) is 0 Å². The van der Waals surface area contributed by atoms with Crippen molar-refractivity contribution >= 4 is 16.8 Å². The number of aromatic nitrogens is 1. The van der Waals surface area contributed by atoms with Gasteiger partial charge in [-0.05, 0) is 49.6 Å². The first kappa shape index (κ1) is 18.7. The molecule has 27 heavy (non-hydrogen) atoms. The van der Waals surface area contributed by atoms with E-state index >= 15 is 0 Å². The minimum Gasteiger partial charge on any atom is -0.497 e. The first-order valence-electron chi connectivity index (χ1n) is 9.07. The number of H-pyrrole nitrogens is 1. The van der Waals surface area contributed by atoms with Gasteiger partial charge in [-0.15, -0.1) is 0 Å². The van der Waals surface area contributed by atoms with Gasteiger partial charge in [0.15, 0.2) is 0 Å². The molecule has 1 heterocycles. The molecule has 3 aromatic rings. The van der Waals surface area contributed by atoms with Gasteiger partial charge in [0.2, 0.25) is 5.91 Å². The van der Waals surface area contributed by atoms with Gasteiger partial charge in [0.25, 0.3) is 5.56 Å². The minimum absolute atomic E-state index is 0.0483. The summed E-state index contributed by atoms with van der Waals surface area (Å²) in [5.74, 6) is 0.683. The number of carbonyl (C=O) groups excluding carboxylic acids is 1. The van der Waals surface area contributed by atoms with Crippen LogP contribution in [0.25, 0.3) is 10.9 Å². The Bertz CT molecular complexity index is 1010. The molecule has 0 saturated heterocycles. The van der Waals surface area contributed by atoms with Gasteiger partial charge in [-0.1, -0.05) is 29.8 Å². The van der Waals surface area contributed by atoms with Crippen LogP contribution in [0.5, 0.6) is 5.75 Å². The Morgan fingerprint density at radius 2 is 1.96 bits per heavy atom. The van der Waals surface area contributed by atoms with Crippen LogP contribution in [0.1, 0.15) is 23.1 Å². The van der Waals surface area contributed by atoms with Crippen LogP contribution in [0.15, 0.2) is 53.3 Å². The molecular formula is C22H24N2O3. The molecule has 2 N–H and O–H groups in total. The Morgan fingerprint density at radius 3 is 2.74 bits per heavy atom. The number of pyridine rings is 1. The van der Waals surface area contributed by atoms with E-state index in [0.717, 1.165) is 23.1 Å². The van der Waals surface area contributed by atoms with Gasteiger partial charge in [-0.25, -0.2) is 0 Å². The van der Waals surface area contributed by atoms with Crippen molar-refractivity contribution in [3.8, 4) is 5.75 Å². The third-order valence-corrected chi connectivity index (χ3v) is 4.57. The van der Waals surface area contributed by atoms with Crippen LogP contribution in [0.4, 0.5) is 0 Å². The molecule has 0 aliphatic carbocycles. The molecule has 0 spiro atoms. The van der Waals surface area contributed by atoms with Gasteiger partial charge in [-0.2, -0.15) is 0 Å². The van der Waals surface area contributed by atoms with Crippen molar-refractivity contribution in [2.24, 2.45) is 0 Å². The molecule has 2 aromatic carbocycles. The summed E-state index contributed by atoms with van der Waals surface area (Å²) < 4.78 is 5.22. The lowest BCUT2D eigenvalue weighted by molar-refractivity contribution is -0.121. The number of carbonyl (C=O) groups is 1. The highest BCUT2D eigenvalue weighted by Crippen LogP contribution is 2.19. The zero-order chi connectivity index (χ0) is 19.2. The standard InChI is InChI=1S/C22H24N2O3/c1-15-4-3-5-16(12-15)10-11-23-21(25)9-6-17-13-18-14-19(27-2)7-8-20(18)24-22(17)26/h3-5,7-8,12-14H,6,9-11H2,1-2H3,(H,23,25)(H,24,26). The first-order chi connectivity index (χ1) is 13.0. The molecule has 140 valence electrons. The molecule has 5 nitrogen and oxygen atoms in total. The van der Waals surface area contributed by atoms with E-state index in [1.807, 2.05) is 24.3 Å². The Kier molecular flexibility index (Phi) is 5.91. The second-order valence-electron chi connectivity index (χ2n) is 6.67. The lowest BCUT2D eigenvalue weighted by Crippen LogP contribution is -2.26. The molecule has 0 aliphatic heterocycles. The molecule has 3 rings (SSSR count). The van der Waals surface area contributed by atoms with Crippen molar-refractivity contribution in [1.82, 2.24) is 10.3 Å². The number of ether oxygens (including phenoxy) is 1. The van der Waals surface area contributed by atoms with Crippen molar-refractivity contribution in [2.45, 2.75) is 26.2 Å². The first-order valence-corrected chi connectivity index (χ1v) is 9.07. The summed E-state index contributed by atoms with van der Waals surface area (Å²) in [7, 11) is 1.61. The number of nitrogens with one attached hydrogen (secondary N) is 2. The van der Waals surface area contributed by atoms with Crippen LogP contribution < -0.4 is 15.6 Å². The predicted molar refractivity (Wildman–Crippen MR) is 107 cm³/mol. The average Bonchev–Trinajstić information content (AvgIpc) is 2.66. The molecule has 1 aromatic heterocycles. The molecule has 0 saturated carbocycles. The van der Waals surface area contributed by atoms with Gasteiger partial charge >= 0.3 is 0 Å². The maximum Gasteiger partial charge on any atom is 0.251 e. The Balaban J connectivity index is 1.56. The summed E-state index contributed by atoms with van der Waals surface area (Å²) in [6.07, 6.45) is 1.48. The zero-order valence-corrected chi connectivity index (χ0v) is 15.7. The third kappa shape index (κ3) is 4.97. The maximum atomic E-state index is 12.2. The van der Waals surface area contributed by atoms with Gasteiger partial charge in [0.05, 0.1) is 7.11 Å². The van der Waals surface area contributed by atoms with E-state index in [9.17, 15) is 9.59 Å². The quantitative estimate of drug-likeness (QED) is 0.677. The summed E-state index contributed by atoms with van der Waals surface area (Å²) in [5, 5.41) is 3.82. The van der Waals surface area contributed by atoms with Crippen LogP contribution in [0.3, 0.4) is 0 Å². The number of hydrogen-bond acceptors (Lipinski definition) is 3. The van der Waals surface area contributed by atoms with Crippen molar-refractivity contribution in [3.05, 3.63) is 75.6 Å². The number of aromatic amines is 1. The van der Waals surface area contributed by atoms with Crippen molar-refractivity contribution in [1.29, 1.82) is 0 Å². The number of fused-ring (bicyclic) bond motifs is 1. The third-order valence-electron chi connectivity index (χ3n) is 4.57. The van der Waals surface area contributed by atoms with Crippen molar-refractivity contribution in [2.75, 3.05) is 13.7 Å². The molecule has 0 bridgehead atoms. The van der Waals surface area contributed by atoms with E-state index in [4.69, 9.17) is 4.74 Å². The van der Waals surface area contributed by atoms with E-state index in [0.29, 0.717) is 18.5 Å². The molecule has 0 aliphatic rings. The van der Waals surface area contributed by atoms with Gasteiger partial charge in [0.1, 0.15) is 5.75 Å². The van der Waals surface area contributed by atoms with Crippen LogP contribution in [0.2, 0.25) is 0 Å². The summed E-state index contributed by atoms with van der Waals surface area (Å²) in [4.78, 5) is 27.2. The number of methoxy groups -OCH3 is 1. The summed E-state index contributed by atoms with van der Waals surface area (Å²) in [6, 6.07) is 15.6. The van der Waals surface area contributed by atoms with E-state index < -0.39 is 0 Å². The number of hydrogen-bond donors (Lipinski definition) is 2. The molecule has 0 radical (unpaired) electrons. The Morgan fingerprint density at radius 1 is 1.11 bits per heavy atom. The minimum atomic E-state index is -0.153. The molecule has 0 unspecified atom stereocenters. The maximum absolute atomic E-state index is 12.2. The fraction of sp³-hybridized carbons (Fsp3) is 0.273. The topological polar surface area (TPSA) is 71.2 Å². The van der Waals surface area contributed by atoms with Crippen LogP contribution >= 0.6 is 0 Å². The number of benzene rings is 2. The molecule has 0 atom stereocenters. The van der Waals surface area contributed by atoms with E-state index in [-0.39, 0.29) is 17.9 Å². The highest BCUT2D eigenvalue weighted by atomic mass is 16.5. The van der Waals surface area contributed by atoms with Crippen LogP contribution in [-0.4, -0.2) is 24.5 Å². The van der Waals surface area contributed by atoms with Crippen LogP contribution in [-0.2, 0) is 17.6 Å². The van der Waals surface area contributed by atoms with Gasteiger partial charge in [-0.3, -0.25) is 9.59 Å².